The molecule has 0 aromatic carbocycles. The summed E-state index contributed by atoms with van der Waals surface area (Å²) in [4.78, 5) is 11.1. The van der Waals surface area contributed by atoms with Crippen LogP contribution in [0.1, 0.15) is 33.6 Å². The molecule has 7 nitrogen and oxygen atoms in total. The highest BCUT2D eigenvalue weighted by molar-refractivity contribution is 5.86. The Morgan fingerprint density at radius 1 is 0.870 bits per heavy atom. The minimum absolute atomic E-state index is 0.0161. The zero-order valence-electron chi connectivity index (χ0n) is 14.4. The van der Waals surface area contributed by atoms with Gasteiger partial charge in [0.1, 0.15) is 6.61 Å². The summed E-state index contributed by atoms with van der Waals surface area (Å²) < 4.78 is 4.88. The molecule has 0 amide bonds. The van der Waals surface area contributed by atoms with Gasteiger partial charge >= 0.3 is 5.97 Å². The minimum atomic E-state index is -0.731. The van der Waals surface area contributed by atoms with Gasteiger partial charge in [-0.3, -0.25) is 0 Å². The maximum Gasteiger partial charge on any atom is 0.333 e. The van der Waals surface area contributed by atoms with Crippen molar-refractivity contribution >= 4 is 5.97 Å². The number of aliphatic hydroxyl groups is 5. The van der Waals surface area contributed by atoms with E-state index in [0.717, 1.165) is 0 Å². The van der Waals surface area contributed by atoms with Gasteiger partial charge in [0.05, 0.1) is 38.4 Å². The van der Waals surface area contributed by atoms with Crippen LogP contribution >= 0.6 is 0 Å². The average Bonchev–Trinajstić information content (AvgIpc) is 2.59. The van der Waals surface area contributed by atoms with Crippen molar-refractivity contribution in [2.75, 3.05) is 39.6 Å². The van der Waals surface area contributed by atoms with Gasteiger partial charge < -0.3 is 30.3 Å². The molecule has 0 saturated carbocycles. The molecule has 0 aliphatic heterocycles. The second kappa shape index (κ2) is 12.4. The van der Waals surface area contributed by atoms with Crippen molar-refractivity contribution < 1.29 is 35.1 Å². The first-order valence-electron chi connectivity index (χ1n) is 7.62. The smallest absolute Gasteiger partial charge is 0.333 e. The number of carbonyl (C=O) groups is 1. The van der Waals surface area contributed by atoms with E-state index in [9.17, 15) is 4.79 Å². The van der Waals surface area contributed by atoms with Crippen molar-refractivity contribution in [1.29, 1.82) is 0 Å². The van der Waals surface area contributed by atoms with E-state index in [0.29, 0.717) is 18.4 Å². The third-order valence-electron chi connectivity index (χ3n) is 4.03. The lowest BCUT2D eigenvalue weighted by molar-refractivity contribution is -0.145. The molecule has 0 bridgehead atoms. The van der Waals surface area contributed by atoms with E-state index in [1.807, 2.05) is 13.8 Å². The van der Waals surface area contributed by atoms with Crippen molar-refractivity contribution in [2.24, 2.45) is 10.8 Å². The first-order valence-corrected chi connectivity index (χ1v) is 7.62. The summed E-state index contributed by atoms with van der Waals surface area (Å²) in [7, 11) is 0. The molecular formula is C16H32O7. The number of aliphatic hydroxyl groups excluding tert-OH is 5. The third kappa shape index (κ3) is 8.43. The van der Waals surface area contributed by atoms with Crippen molar-refractivity contribution in [3.05, 3.63) is 12.2 Å². The Balaban J connectivity index is 0. The highest BCUT2D eigenvalue weighted by Crippen LogP contribution is 2.21. The van der Waals surface area contributed by atoms with Gasteiger partial charge in [0, 0.05) is 11.0 Å². The summed E-state index contributed by atoms with van der Waals surface area (Å²) in [5, 5.41) is 44.1. The molecule has 0 rings (SSSR count). The van der Waals surface area contributed by atoms with Crippen LogP contribution in [-0.4, -0.2) is 71.1 Å². The Kier molecular flexibility index (Phi) is 13.1. The van der Waals surface area contributed by atoms with Gasteiger partial charge in [-0.1, -0.05) is 20.4 Å². The molecule has 0 fully saturated rings. The molecular weight excluding hydrogens is 304 g/mol. The van der Waals surface area contributed by atoms with E-state index in [-0.39, 0.29) is 39.6 Å². The SMILES string of the molecule is C=C(C)C(=O)OCC(CC)(CO)CO.CCC(CO)(CO)CO. The minimum Gasteiger partial charge on any atom is -0.462 e. The lowest BCUT2D eigenvalue weighted by Gasteiger charge is -2.27. The van der Waals surface area contributed by atoms with Crippen LogP contribution in [0.3, 0.4) is 0 Å². The van der Waals surface area contributed by atoms with Crippen molar-refractivity contribution in [1.82, 2.24) is 0 Å². The highest BCUT2D eigenvalue weighted by Gasteiger charge is 2.28. The fourth-order valence-electron chi connectivity index (χ4n) is 1.29. The molecule has 7 heteroatoms. The number of ether oxygens (including phenoxy) is 1. The molecule has 0 radical (unpaired) electrons. The molecule has 0 unspecified atom stereocenters. The zero-order chi connectivity index (χ0) is 18.5. The summed E-state index contributed by atoms with van der Waals surface area (Å²) in [6.07, 6.45) is 1.14. The molecule has 0 saturated heterocycles. The van der Waals surface area contributed by atoms with Gasteiger partial charge in [-0.25, -0.2) is 4.79 Å². The lowest BCUT2D eigenvalue weighted by Crippen LogP contribution is -2.35. The van der Waals surface area contributed by atoms with Gasteiger partial charge in [0.25, 0.3) is 0 Å². The second-order valence-corrected chi connectivity index (χ2v) is 5.85. The van der Waals surface area contributed by atoms with Crippen LogP contribution in [-0.2, 0) is 9.53 Å². The molecule has 0 spiro atoms. The summed E-state index contributed by atoms with van der Waals surface area (Å²) in [5.41, 5.74) is -1.09. The predicted molar refractivity (Wildman–Crippen MR) is 86.7 cm³/mol. The number of hydrogen-bond donors (Lipinski definition) is 5. The number of carbonyl (C=O) groups excluding carboxylic acids is 1. The Hall–Kier alpha value is -0.990. The Morgan fingerprint density at radius 3 is 1.39 bits per heavy atom. The molecule has 0 aliphatic rings. The second-order valence-electron chi connectivity index (χ2n) is 5.85. The standard InChI is InChI=1S/C10H18O4.C6H14O3/c1-4-10(5-11,6-12)7-14-9(13)8(2)3;1-2-6(3-7,4-8)5-9/h11-12H,2,4-7H2,1,3H3;7-9H,2-5H2,1H3. The molecule has 0 aromatic heterocycles. The predicted octanol–water partition coefficient (Wildman–Crippen LogP) is -0.154. The van der Waals surface area contributed by atoms with Crippen LogP contribution in [0.5, 0.6) is 0 Å². The Labute approximate surface area is 138 Å². The van der Waals surface area contributed by atoms with Crippen LogP contribution < -0.4 is 0 Å². The van der Waals surface area contributed by atoms with E-state index in [1.54, 1.807) is 6.92 Å². The van der Waals surface area contributed by atoms with Crippen molar-refractivity contribution in [3.63, 3.8) is 0 Å². The fourth-order valence-corrected chi connectivity index (χ4v) is 1.29. The average molecular weight is 336 g/mol. The van der Waals surface area contributed by atoms with Gasteiger partial charge in [-0.15, -0.1) is 0 Å². The van der Waals surface area contributed by atoms with Crippen molar-refractivity contribution in [2.45, 2.75) is 33.6 Å². The quantitative estimate of drug-likeness (QED) is 0.277. The Morgan fingerprint density at radius 2 is 1.22 bits per heavy atom. The molecule has 23 heavy (non-hydrogen) atoms. The number of rotatable bonds is 10. The maximum absolute atomic E-state index is 11.1. The van der Waals surface area contributed by atoms with E-state index >= 15 is 0 Å². The van der Waals surface area contributed by atoms with Gasteiger partial charge in [0.2, 0.25) is 0 Å². The molecule has 5 N–H and O–H groups in total. The molecule has 0 atom stereocenters. The van der Waals surface area contributed by atoms with E-state index < -0.39 is 16.8 Å². The van der Waals surface area contributed by atoms with Crippen molar-refractivity contribution in [3.8, 4) is 0 Å². The summed E-state index contributed by atoms with van der Waals surface area (Å²) in [6, 6.07) is 0. The first kappa shape index (κ1) is 24.3. The summed E-state index contributed by atoms with van der Waals surface area (Å²) >= 11 is 0. The first-order chi connectivity index (χ1) is 10.8. The molecule has 0 aromatic rings. The van der Waals surface area contributed by atoms with Crippen LogP contribution in [0.25, 0.3) is 0 Å². The zero-order valence-corrected chi connectivity index (χ0v) is 14.4. The number of esters is 1. The van der Waals surface area contributed by atoms with Gasteiger partial charge in [0.15, 0.2) is 0 Å². The van der Waals surface area contributed by atoms with Crippen LogP contribution in [0.4, 0.5) is 0 Å². The normalized spacial score (nSPS) is 11.5. The van der Waals surface area contributed by atoms with E-state index in [1.165, 1.54) is 0 Å². The molecule has 138 valence electrons. The van der Waals surface area contributed by atoms with Crippen LogP contribution in [0, 0.1) is 10.8 Å². The van der Waals surface area contributed by atoms with E-state index in [2.05, 4.69) is 6.58 Å². The molecule has 0 heterocycles. The van der Waals surface area contributed by atoms with Crippen LogP contribution in [0.15, 0.2) is 12.2 Å². The number of hydrogen-bond acceptors (Lipinski definition) is 7. The largest absolute Gasteiger partial charge is 0.462 e. The van der Waals surface area contributed by atoms with Crippen LogP contribution in [0.2, 0.25) is 0 Å². The monoisotopic (exact) mass is 336 g/mol. The topological polar surface area (TPSA) is 127 Å². The third-order valence-corrected chi connectivity index (χ3v) is 4.03. The maximum atomic E-state index is 11.1. The molecule has 0 aliphatic carbocycles. The fraction of sp³-hybridized carbons (Fsp3) is 0.812. The lowest BCUT2D eigenvalue weighted by atomic mass is 9.88. The highest BCUT2D eigenvalue weighted by atomic mass is 16.5. The summed E-state index contributed by atoms with van der Waals surface area (Å²) in [5.74, 6) is -0.496. The summed E-state index contributed by atoms with van der Waals surface area (Å²) in [6.45, 7) is 7.76. The van der Waals surface area contributed by atoms with E-state index in [4.69, 9.17) is 30.3 Å². The Bertz CT molecular complexity index is 308. The van der Waals surface area contributed by atoms with Gasteiger partial charge in [-0.2, -0.15) is 0 Å². The van der Waals surface area contributed by atoms with Gasteiger partial charge in [-0.05, 0) is 19.8 Å².